The van der Waals surface area contributed by atoms with E-state index in [9.17, 15) is 14.4 Å². The average Bonchev–Trinajstić information content (AvgIpc) is 3.11. The Morgan fingerprint density at radius 3 is 2.81 bits per heavy atom. The molecule has 160 valence electrons. The number of aromatic nitrogens is 1. The van der Waals surface area contributed by atoms with Gasteiger partial charge in [0.15, 0.2) is 0 Å². The number of hydrogen-bond donors (Lipinski definition) is 1. The predicted molar refractivity (Wildman–Crippen MR) is 115 cm³/mol. The molecule has 2 bridgehead atoms. The highest BCUT2D eigenvalue weighted by Crippen LogP contribution is 2.66. The molecule has 1 amide bonds. The van der Waals surface area contributed by atoms with E-state index in [4.69, 9.17) is 11.6 Å². The average molecular weight is 439 g/mol. The Morgan fingerprint density at radius 1 is 1.35 bits per heavy atom. The Labute approximate surface area is 186 Å². The van der Waals surface area contributed by atoms with Crippen molar-refractivity contribution < 1.29 is 9.18 Å². The third-order valence-electron chi connectivity index (χ3n) is 7.62. The van der Waals surface area contributed by atoms with Gasteiger partial charge in [-0.15, -0.1) is 0 Å². The number of carbonyl (C=O) groups excluding carboxylic acids is 1. The second kappa shape index (κ2) is 7.58. The first kappa shape index (κ1) is 20.4. The summed E-state index contributed by atoms with van der Waals surface area (Å²) in [6.45, 7) is 2.27. The molecule has 3 fully saturated rings. The largest absolute Gasteiger partial charge is 0.339 e. The minimum absolute atomic E-state index is 0.108. The van der Waals surface area contributed by atoms with Crippen LogP contribution in [0.3, 0.4) is 0 Å². The molecule has 3 aliphatic rings. The van der Waals surface area contributed by atoms with Gasteiger partial charge in [-0.1, -0.05) is 30.7 Å². The Morgan fingerprint density at radius 2 is 2.13 bits per heavy atom. The first-order valence-corrected chi connectivity index (χ1v) is 11.1. The normalized spacial score (nSPS) is 31.7. The van der Waals surface area contributed by atoms with Gasteiger partial charge in [0, 0.05) is 24.2 Å². The number of hydrogen-bond acceptors (Lipinski definition) is 4. The highest BCUT2D eigenvalue weighted by atomic mass is 35.5. The lowest BCUT2D eigenvalue weighted by Crippen LogP contribution is -2.51. The van der Waals surface area contributed by atoms with E-state index >= 15 is 0 Å². The van der Waals surface area contributed by atoms with Crippen LogP contribution in [0, 0.1) is 40.8 Å². The van der Waals surface area contributed by atoms with Gasteiger partial charge in [0.1, 0.15) is 17.0 Å². The minimum Gasteiger partial charge on any atom is -0.339 e. The van der Waals surface area contributed by atoms with E-state index < -0.39 is 11.9 Å². The number of likely N-dealkylation sites (N-methyl/N-ethyl adjacent to an activating group) is 1. The van der Waals surface area contributed by atoms with Crippen LogP contribution in [-0.2, 0) is 11.2 Å². The van der Waals surface area contributed by atoms with Crippen molar-refractivity contribution in [1.82, 2.24) is 15.2 Å². The molecule has 1 aliphatic heterocycles. The number of carbonyl (C=O) groups is 1. The first-order valence-electron chi connectivity index (χ1n) is 10.7. The van der Waals surface area contributed by atoms with Crippen LogP contribution >= 0.6 is 11.6 Å². The molecule has 7 atom stereocenters. The number of nitrogens with zero attached hydrogens (tertiary/aromatic N) is 3. The van der Waals surface area contributed by atoms with E-state index in [2.05, 4.69) is 28.2 Å². The van der Waals surface area contributed by atoms with Gasteiger partial charge in [0.25, 0.3) is 0 Å². The lowest BCUT2D eigenvalue weighted by Gasteiger charge is -2.31. The molecule has 1 saturated heterocycles. The number of piperidine rings is 1. The number of rotatable bonds is 5. The number of fused-ring (bicyclic) bond motifs is 5. The summed E-state index contributed by atoms with van der Waals surface area (Å²) in [6.07, 6.45) is 2.79. The number of amides is 1. The fraction of sp³-hybridized carbons (Fsp3) is 0.458. The molecule has 5 unspecified atom stereocenters. The molecule has 0 radical (unpaired) electrons. The third kappa shape index (κ3) is 3.40. The first-order chi connectivity index (χ1) is 14.9. The topological polar surface area (TPSA) is 69.0 Å². The van der Waals surface area contributed by atoms with E-state index in [1.165, 1.54) is 6.07 Å². The van der Waals surface area contributed by atoms with Gasteiger partial charge >= 0.3 is 0 Å². The second-order valence-corrected chi connectivity index (χ2v) is 9.55. The molecular weight excluding hydrogens is 415 g/mol. The number of benzene rings is 1. The van der Waals surface area contributed by atoms with E-state index in [1.807, 2.05) is 7.05 Å². The monoisotopic (exact) mass is 438 g/mol. The van der Waals surface area contributed by atoms with Crippen molar-refractivity contribution in [2.24, 2.45) is 23.7 Å². The smallest absolute Gasteiger partial charge is 0.238 e. The van der Waals surface area contributed by atoms with Crippen LogP contribution in [0.2, 0.25) is 5.15 Å². The summed E-state index contributed by atoms with van der Waals surface area (Å²) in [5.41, 5.74) is 1.83. The van der Waals surface area contributed by atoms with Gasteiger partial charge in [0.2, 0.25) is 5.91 Å². The molecule has 1 aromatic heterocycles. The summed E-state index contributed by atoms with van der Waals surface area (Å²) >= 11 is 5.81. The zero-order valence-electron chi connectivity index (χ0n) is 17.4. The van der Waals surface area contributed by atoms with Crippen molar-refractivity contribution >= 4 is 17.5 Å². The van der Waals surface area contributed by atoms with Gasteiger partial charge < -0.3 is 5.32 Å². The molecule has 2 saturated carbocycles. The van der Waals surface area contributed by atoms with Crippen molar-refractivity contribution in [2.75, 3.05) is 7.05 Å². The zero-order valence-corrected chi connectivity index (χ0v) is 18.2. The van der Waals surface area contributed by atoms with Crippen molar-refractivity contribution in [3.05, 3.63) is 53.1 Å². The van der Waals surface area contributed by atoms with Crippen molar-refractivity contribution in [2.45, 2.75) is 37.9 Å². The van der Waals surface area contributed by atoms with Crippen LogP contribution < -0.4 is 5.32 Å². The molecule has 2 heterocycles. The lowest BCUT2D eigenvalue weighted by atomic mass is 9.94. The maximum atomic E-state index is 14.8. The number of nitrogens with one attached hydrogen (secondary N) is 1. The van der Waals surface area contributed by atoms with E-state index in [1.54, 1.807) is 30.5 Å². The summed E-state index contributed by atoms with van der Waals surface area (Å²) in [5, 5.41) is 12.9. The second-order valence-electron chi connectivity index (χ2n) is 9.16. The summed E-state index contributed by atoms with van der Waals surface area (Å²) < 4.78 is 14.8. The summed E-state index contributed by atoms with van der Waals surface area (Å²) in [6, 6.07) is 9.96. The summed E-state index contributed by atoms with van der Waals surface area (Å²) in [5.74, 6) is 1.92. The molecule has 5 nitrogen and oxygen atoms in total. The molecule has 1 N–H and O–H groups in total. The van der Waals surface area contributed by atoms with Crippen LogP contribution in [-0.4, -0.2) is 41.0 Å². The van der Waals surface area contributed by atoms with Gasteiger partial charge in [0.05, 0.1) is 12.1 Å². The Hall–Kier alpha value is -2.49. The zero-order chi connectivity index (χ0) is 21.9. The van der Waals surface area contributed by atoms with Crippen molar-refractivity contribution in [3.63, 3.8) is 0 Å². The predicted octanol–water partition coefficient (Wildman–Crippen LogP) is 3.68. The molecule has 31 heavy (non-hydrogen) atoms. The molecule has 2 aromatic rings. The standard InChI is InChI=1S/C24H24ClFN4O/c1-12-21-17-9-19(22(12)21)30(2)23(17)24(31)29-16(10-27)7-14-4-3-13(8-18(14)26)15-5-6-20(25)28-11-15/h3-6,8,11-12,16-17,19,21-23H,7,9H2,1-2H3,(H,29,31)/t12-,16-,17?,19?,21?,22?,23?/m0/s1. The SMILES string of the molecule is C[C@H]1C2C3CC(C21)N(C)C3C(=O)N[C@H](C#N)Cc1ccc(-c2ccc(Cl)nc2)cc1F. The van der Waals surface area contributed by atoms with Crippen LogP contribution in [0.4, 0.5) is 4.39 Å². The molecular formula is C24H24ClFN4O. The fourth-order valence-electron chi connectivity index (χ4n) is 6.11. The highest BCUT2D eigenvalue weighted by Gasteiger charge is 2.69. The molecule has 2 aliphatic carbocycles. The number of pyridine rings is 1. The van der Waals surface area contributed by atoms with Crippen LogP contribution in [0.1, 0.15) is 18.9 Å². The summed E-state index contributed by atoms with van der Waals surface area (Å²) in [4.78, 5) is 19.2. The molecule has 1 aromatic carbocycles. The summed E-state index contributed by atoms with van der Waals surface area (Å²) in [7, 11) is 2.02. The quantitative estimate of drug-likeness (QED) is 0.723. The van der Waals surface area contributed by atoms with Crippen molar-refractivity contribution in [1.29, 1.82) is 5.26 Å². The van der Waals surface area contributed by atoms with Crippen LogP contribution in [0.15, 0.2) is 36.5 Å². The molecule has 0 spiro atoms. The van der Waals surface area contributed by atoms with Crippen molar-refractivity contribution in [3.8, 4) is 17.2 Å². The maximum Gasteiger partial charge on any atom is 0.238 e. The maximum absolute atomic E-state index is 14.8. The van der Waals surface area contributed by atoms with Crippen LogP contribution in [0.5, 0.6) is 0 Å². The highest BCUT2D eigenvalue weighted by molar-refractivity contribution is 6.29. The van der Waals surface area contributed by atoms with E-state index in [0.29, 0.717) is 40.1 Å². The lowest BCUT2D eigenvalue weighted by molar-refractivity contribution is -0.127. The van der Waals surface area contributed by atoms with Gasteiger partial charge in [-0.25, -0.2) is 9.37 Å². The molecule has 7 heteroatoms. The Balaban J connectivity index is 1.26. The van der Waals surface area contributed by atoms with E-state index in [-0.39, 0.29) is 18.4 Å². The third-order valence-corrected chi connectivity index (χ3v) is 7.84. The van der Waals surface area contributed by atoms with Crippen LogP contribution in [0.25, 0.3) is 11.1 Å². The number of nitriles is 1. The fourth-order valence-corrected chi connectivity index (χ4v) is 6.22. The Bertz CT molecular complexity index is 1070. The molecule has 5 rings (SSSR count). The number of halogens is 2. The van der Waals surface area contributed by atoms with Gasteiger partial charge in [-0.3, -0.25) is 9.69 Å². The minimum atomic E-state index is -0.773. The van der Waals surface area contributed by atoms with Gasteiger partial charge in [-0.05, 0) is 66.5 Å². The number of likely N-dealkylation sites (tertiary alicyclic amines) is 1. The van der Waals surface area contributed by atoms with E-state index in [0.717, 1.165) is 17.9 Å². The Kier molecular flexibility index (Phi) is 4.99. The van der Waals surface area contributed by atoms with Gasteiger partial charge in [-0.2, -0.15) is 5.26 Å².